The summed E-state index contributed by atoms with van der Waals surface area (Å²) in [5.74, 6) is 5.65. The Labute approximate surface area is 100 Å². The van der Waals surface area contributed by atoms with E-state index in [1.165, 1.54) is 0 Å². The van der Waals surface area contributed by atoms with Gasteiger partial charge in [0, 0.05) is 24.5 Å². The van der Waals surface area contributed by atoms with Gasteiger partial charge in [-0.2, -0.15) is 0 Å². The number of carbonyl (C=O) groups excluding carboxylic acids is 1. The monoisotopic (exact) mass is 226 g/mol. The standard InChI is InChI=1S/C14H14N2O/c1-2-3-4-9-16-14(17)12-7-5-6-11-8-10-15-13(11)12/h5-8,10,15H,4,9H2,1H3,(H,16,17). The van der Waals surface area contributed by atoms with Gasteiger partial charge in [-0.3, -0.25) is 4.79 Å². The fourth-order valence-electron chi connectivity index (χ4n) is 1.73. The third-order valence-electron chi connectivity index (χ3n) is 2.54. The highest BCUT2D eigenvalue weighted by atomic mass is 16.1. The molecule has 86 valence electrons. The summed E-state index contributed by atoms with van der Waals surface area (Å²) in [5.41, 5.74) is 1.56. The minimum absolute atomic E-state index is 0.0593. The van der Waals surface area contributed by atoms with Crippen molar-refractivity contribution in [3.63, 3.8) is 0 Å². The fourth-order valence-corrected chi connectivity index (χ4v) is 1.73. The summed E-state index contributed by atoms with van der Waals surface area (Å²) in [6, 6.07) is 7.64. The van der Waals surface area contributed by atoms with Crippen molar-refractivity contribution >= 4 is 16.8 Å². The van der Waals surface area contributed by atoms with Gasteiger partial charge in [0.2, 0.25) is 0 Å². The van der Waals surface area contributed by atoms with Gasteiger partial charge in [0.05, 0.1) is 11.1 Å². The molecule has 0 spiro atoms. The number of H-pyrrole nitrogens is 1. The summed E-state index contributed by atoms with van der Waals surface area (Å²) in [4.78, 5) is 15.0. The zero-order valence-corrected chi connectivity index (χ0v) is 9.71. The highest BCUT2D eigenvalue weighted by Gasteiger charge is 2.09. The molecule has 0 unspecified atom stereocenters. The van der Waals surface area contributed by atoms with Crippen LogP contribution in [0.25, 0.3) is 10.9 Å². The van der Waals surface area contributed by atoms with Crippen LogP contribution in [0.1, 0.15) is 23.7 Å². The number of hydrogen-bond acceptors (Lipinski definition) is 1. The van der Waals surface area contributed by atoms with Gasteiger partial charge in [0.15, 0.2) is 0 Å². The van der Waals surface area contributed by atoms with Crippen LogP contribution in [0.15, 0.2) is 30.5 Å². The summed E-state index contributed by atoms with van der Waals surface area (Å²) in [5, 5.41) is 3.90. The molecule has 17 heavy (non-hydrogen) atoms. The summed E-state index contributed by atoms with van der Waals surface area (Å²) in [6.07, 6.45) is 2.52. The maximum Gasteiger partial charge on any atom is 0.253 e. The molecule has 0 aliphatic carbocycles. The molecule has 3 nitrogen and oxygen atoms in total. The number of hydrogen-bond donors (Lipinski definition) is 2. The summed E-state index contributed by atoms with van der Waals surface area (Å²) >= 11 is 0. The second kappa shape index (κ2) is 5.22. The van der Waals surface area contributed by atoms with Crippen LogP contribution in [0.3, 0.4) is 0 Å². The van der Waals surface area contributed by atoms with Crippen molar-refractivity contribution in [3.8, 4) is 11.8 Å². The lowest BCUT2D eigenvalue weighted by Crippen LogP contribution is -2.24. The average molecular weight is 226 g/mol. The van der Waals surface area contributed by atoms with E-state index >= 15 is 0 Å². The number of aromatic nitrogens is 1. The number of carbonyl (C=O) groups is 1. The Kier molecular flexibility index (Phi) is 3.46. The van der Waals surface area contributed by atoms with Crippen LogP contribution < -0.4 is 5.32 Å². The number of fused-ring (bicyclic) bond motifs is 1. The Hall–Kier alpha value is -2.21. The third-order valence-corrected chi connectivity index (χ3v) is 2.54. The smallest absolute Gasteiger partial charge is 0.253 e. The summed E-state index contributed by atoms with van der Waals surface area (Å²) < 4.78 is 0. The van der Waals surface area contributed by atoms with Crippen molar-refractivity contribution in [1.29, 1.82) is 0 Å². The predicted molar refractivity (Wildman–Crippen MR) is 68.7 cm³/mol. The quantitative estimate of drug-likeness (QED) is 0.612. The zero-order chi connectivity index (χ0) is 12.1. The molecule has 0 aliphatic heterocycles. The first-order valence-electron chi connectivity index (χ1n) is 5.57. The molecule has 1 aromatic carbocycles. The van der Waals surface area contributed by atoms with Gasteiger partial charge < -0.3 is 10.3 Å². The van der Waals surface area contributed by atoms with Gasteiger partial charge >= 0.3 is 0 Å². The lowest BCUT2D eigenvalue weighted by molar-refractivity contribution is 0.0956. The molecule has 2 rings (SSSR count). The molecule has 0 aliphatic rings. The minimum atomic E-state index is -0.0593. The van der Waals surface area contributed by atoms with Crippen molar-refractivity contribution in [2.45, 2.75) is 13.3 Å². The fraction of sp³-hybridized carbons (Fsp3) is 0.214. The second-order valence-corrected chi connectivity index (χ2v) is 3.68. The number of para-hydroxylation sites is 1. The number of aromatic amines is 1. The molecular formula is C14H14N2O. The Balaban J connectivity index is 2.12. The summed E-state index contributed by atoms with van der Waals surface area (Å²) in [6.45, 7) is 2.37. The Bertz CT molecular complexity index is 587. The van der Waals surface area contributed by atoms with E-state index in [1.54, 1.807) is 6.92 Å². The van der Waals surface area contributed by atoms with Crippen LogP contribution in [0, 0.1) is 11.8 Å². The lowest BCUT2D eigenvalue weighted by atomic mass is 10.1. The minimum Gasteiger partial charge on any atom is -0.361 e. The zero-order valence-electron chi connectivity index (χ0n) is 9.71. The average Bonchev–Trinajstić information content (AvgIpc) is 2.82. The van der Waals surface area contributed by atoms with Crippen LogP contribution >= 0.6 is 0 Å². The lowest BCUT2D eigenvalue weighted by Gasteiger charge is -2.04. The maximum absolute atomic E-state index is 11.9. The van der Waals surface area contributed by atoms with Crippen molar-refractivity contribution in [1.82, 2.24) is 10.3 Å². The van der Waals surface area contributed by atoms with Gasteiger partial charge in [-0.25, -0.2) is 0 Å². The molecule has 1 aromatic heterocycles. The third kappa shape index (κ3) is 2.48. The number of rotatable bonds is 3. The van der Waals surface area contributed by atoms with Crippen LogP contribution in [-0.4, -0.2) is 17.4 Å². The molecule has 1 amide bonds. The van der Waals surface area contributed by atoms with Crippen molar-refractivity contribution in [2.75, 3.05) is 6.54 Å². The van der Waals surface area contributed by atoms with E-state index in [1.807, 2.05) is 30.5 Å². The second-order valence-electron chi connectivity index (χ2n) is 3.68. The highest BCUT2D eigenvalue weighted by Crippen LogP contribution is 2.16. The van der Waals surface area contributed by atoms with Crippen LogP contribution in [-0.2, 0) is 0 Å². The Morgan fingerprint density at radius 1 is 1.41 bits per heavy atom. The van der Waals surface area contributed by atoms with E-state index in [2.05, 4.69) is 22.1 Å². The van der Waals surface area contributed by atoms with E-state index in [0.29, 0.717) is 18.5 Å². The van der Waals surface area contributed by atoms with Gasteiger partial charge in [-0.05, 0) is 19.1 Å². The SMILES string of the molecule is CC#CCCNC(=O)c1cccc2cc[nH]c12. The van der Waals surface area contributed by atoms with E-state index in [9.17, 15) is 4.79 Å². The first-order valence-corrected chi connectivity index (χ1v) is 5.57. The number of benzene rings is 1. The molecule has 2 aromatic rings. The molecule has 3 heteroatoms. The Morgan fingerprint density at radius 3 is 3.12 bits per heavy atom. The van der Waals surface area contributed by atoms with Crippen molar-refractivity contribution in [3.05, 3.63) is 36.0 Å². The molecule has 0 saturated heterocycles. The van der Waals surface area contributed by atoms with E-state index in [-0.39, 0.29) is 5.91 Å². The normalized spacial score (nSPS) is 9.71. The molecule has 2 N–H and O–H groups in total. The first-order chi connectivity index (χ1) is 8.33. The predicted octanol–water partition coefficient (Wildman–Crippen LogP) is 2.31. The van der Waals surface area contributed by atoms with Gasteiger partial charge in [0.1, 0.15) is 0 Å². The molecule has 1 heterocycles. The molecule has 0 atom stereocenters. The molecule has 0 saturated carbocycles. The van der Waals surface area contributed by atoms with E-state index in [0.717, 1.165) is 10.9 Å². The topological polar surface area (TPSA) is 44.9 Å². The summed E-state index contributed by atoms with van der Waals surface area (Å²) in [7, 11) is 0. The Morgan fingerprint density at radius 2 is 2.29 bits per heavy atom. The van der Waals surface area contributed by atoms with Crippen molar-refractivity contribution in [2.24, 2.45) is 0 Å². The van der Waals surface area contributed by atoms with Gasteiger partial charge in [-0.1, -0.05) is 12.1 Å². The highest BCUT2D eigenvalue weighted by molar-refractivity contribution is 6.05. The first kappa shape index (κ1) is 11.3. The van der Waals surface area contributed by atoms with Gasteiger partial charge in [-0.15, -0.1) is 11.8 Å². The van der Waals surface area contributed by atoms with Crippen LogP contribution in [0.5, 0.6) is 0 Å². The maximum atomic E-state index is 11.9. The molecule has 0 fully saturated rings. The number of amides is 1. The van der Waals surface area contributed by atoms with E-state index < -0.39 is 0 Å². The molecule has 0 radical (unpaired) electrons. The molecular weight excluding hydrogens is 212 g/mol. The van der Waals surface area contributed by atoms with Gasteiger partial charge in [0.25, 0.3) is 5.91 Å². The van der Waals surface area contributed by atoms with Crippen LogP contribution in [0.2, 0.25) is 0 Å². The van der Waals surface area contributed by atoms with Crippen molar-refractivity contribution < 1.29 is 4.79 Å². The van der Waals surface area contributed by atoms with E-state index in [4.69, 9.17) is 0 Å². The van der Waals surface area contributed by atoms with Crippen LogP contribution in [0.4, 0.5) is 0 Å². The molecule has 0 bridgehead atoms. The largest absolute Gasteiger partial charge is 0.361 e. The number of nitrogens with one attached hydrogen (secondary N) is 2.